The lowest BCUT2D eigenvalue weighted by Gasteiger charge is -2.28. The quantitative estimate of drug-likeness (QED) is 0.281. The van der Waals surface area contributed by atoms with E-state index >= 15 is 0 Å². The van der Waals surface area contributed by atoms with E-state index in [0.717, 1.165) is 58.8 Å². The van der Waals surface area contributed by atoms with Crippen molar-refractivity contribution in [2.24, 2.45) is 0 Å². The minimum atomic E-state index is 0.179. The van der Waals surface area contributed by atoms with Crippen molar-refractivity contribution >= 4 is 5.91 Å². The molecule has 4 nitrogen and oxygen atoms in total. The van der Waals surface area contributed by atoms with E-state index in [1.165, 1.54) is 32.1 Å². The average molecular weight is 368 g/mol. The molecule has 0 radical (unpaired) electrons. The number of unbranched alkanes of at least 4 members (excludes halogenated alkanes) is 5. The first-order valence-electron chi connectivity index (χ1n) is 11.0. The van der Waals surface area contributed by atoms with Gasteiger partial charge < -0.3 is 14.7 Å². The summed E-state index contributed by atoms with van der Waals surface area (Å²) in [6.45, 7) is 18.7. The average Bonchev–Trinajstić information content (AvgIpc) is 2.66. The zero-order valence-corrected chi connectivity index (χ0v) is 18.3. The number of carbonyl (C=O) groups excluding carboxylic acids is 1. The van der Waals surface area contributed by atoms with Gasteiger partial charge in [-0.25, -0.2) is 0 Å². The third-order valence-electron chi connectivity index (χ3n) is 5.21. The van der Waals surface area contributed by atoms with Gasteiger partial charge in [-0.05, 0) is 45.1 Å². The highest BCUT2D eigenvalue weighted by molar-refractivity contribution is 5.87. The Hall–Kier alpha value is -0.870. The van der Waals surface area contributed by atoms with E-state index < -0.39 is 0 Å². The van der Waals surface area contributed by atoms with E-state index in [1.54, 1.807) is 0 Å². The summed E-state index contributed by atoms with van der Waals surface area (Å²) in [6, 6.07) is 0. The van der Waals surface area contributed by atoms with Crippen LogP contribution in [-0.4, -0.2) is 73.0 Å². The van der Waals surface area contributed by atoms with Crippen LogP contribution in [0.2, 0.25) is 0 Å². The fourth-order valence-electron chi connectivity index (χ4n) is 3.09. The van der Waals surface area contributed by atoms with Gasteiger partial charge in [0.25, 0.3) is 0 Å². The van der Waals surface area contributed by atoms with Crippen LogP contribution in [-0.2, 0) is 4.79 Å². The first-order chi connectivity index (χ1) is 12.6. The molecular formula is C22H45N3O. The molecule has 4 heteroatoms. The molecule has 0 fully saturated rings. The molecular weight excluding hydrogens is 322 g/mol. The molecule has 0 aliphatic rings. The van der Waals surface area contributed by atoms with Gasteiger partial charge in [0.1, 0.15) is 0 Å². The maximum absolute atomic E-state index is 12.7. The van der Waals surface area contributed by atoms with Crippen molar-refractivity contribution in [3.8, 4) is 0 Å². The predicted molar refractivity (Wildman–Crippen MR) is 115 cm³/mol. The Morgan fingerprint density at radius 1 is 0.692 bits per heavy atom. The highest BCUT2D eigenvalue weighted by Gasteiger charge is 2.13. The van der Waals surface area contributed by atoms with Crippen molar-refractivity contribution in [3.63, 3.8) is 0 Å². The van der Waals surface area contributed by atoms with Crippen LogP contribution in [0, 0.1) is 0 Å². The smallest absolute Gasteiger partial charge is 0.246 e. The van der Waals surface area contributed by atoms with Crippen LogP contribution < -0.4 is 0 Å². The van der Waals surface area contributed by atoms with Crippen molar-refractivity contribution in [1.29, 1.82) is 0 Å². The minimum absolute atomic E-state index is 0.179. The molecule has 0 atom stereocenters. The molecule has 0 aliphatic heterocycles. The predicted octanol–water partition coefficient (Wildman–Crippen LogP) is 4.42. The number of likely N-dealkylation sites (N-methyl/N-ethyl adjacent to an activating group) is 2. The zero-order valence-electron chi connectivity index (χ0n) is 18.3. The van der Waals surface area contributed by atoms with Gasteiger partial charge >= 0.3 is 0 Å². The van der Waals surface area contributed by atoms with Gasteiger partial charge in [-0.1, -0.05) is 66.4 Å². The third-order valence-corrected chi connectivity index (χ3v) is 5.21. The highest BCUT2D eigenvalue weighted by atomic mass is 16.2. The number of carbonyl (C=O) groups is 1. The second kappa shape index (κ2) is 17.5. The number of hydrogen-bond donors (Lipinski definition) is 0. The van der Waals surface area contributed by atoms with Crippen LogP contribution in [0.1, 0.15) is 73.1 Å². The Kier molecular flexibility index (Phi) is 17.0. The topological polar surface area (TPSA) is 26.8 Å². The Morgan fingerprint density at radius 3 is 1.65 bits per heavy atom. The van der Waals surface area contributed by atoms with Gasteiger partial charge in [0.2, 0.25) is 5.91 Å². The SMILES string of the molecule is CCCCCCCC=CC(=O)N(CCN(CC)CC)CCN(CC)CC. The number of nitrogens with zero attached hydrogens (tertiary/aromatic N) is 3. The van der Waals surface area contributed by atoms with E-state index in [1.807, 2.05) is 11.0 Å². The number of hydrogen-bond acceptors (Lipinski definition) is 3. The first-order valence-corrected chi connectivity index (χ1v) is 11.0. The van der Waals surface area contributed by atoms with Crippen molar-refractivity contribution in [1.82, 2.24) is 14.7 Å². The summed E-state index contributed by atoms with van der Waals surface area (Å²) in [6.07, 6.45) is 11.3. The molecule has 1 amide bonds. The maximum Gasteiger partial charge on any atom is 0.246 e. The van der Waals surface area contributed by atoms with Gasteiger partial charge in [0, 0.05) is 26.2 Å². The Labute approximate surface area is 163 Å². The fourth-order valence-corrected chi connectivity index (χ4v) is 3.09. The van der Waals surface area contributed by atoms with Crippen molar-refractivity contribution in [2.45, 2.75) is 73.1 Å². The number of allylic oxidation sites excluding steroid dienone is 1. The monoisotopic (exact) mass is 367 g/mol. The molecule has 0 spiro atoms. The van der Waals surface area contributed by atoms with Crippen molar-refractivity contribution < 1.29 is 4.79 Å². The second-order valence-corrected chi connectivity index (χ2v) is 6.98. The van der Waals surface area contributed by atoms with E-state index in [2.05, 4.69) is 50.5 Å². The lowest BCUT2D eigenvalue weighted by atomic mass is 10.1. The summed E-state index contributed by atoms with van der Waals surface area (Å²) in [5, 5.41) is 0. The Morgan fingerprint density at radius 2 is 1.19 bits per heavy atom. The lowest BCUT2D eigenvalue weighted by Crippen LogP contribution is -2.42. The van der Waals surface area contributed by atoms with Crippen LogP contribution in [0.5, 0.6) is 0 Å². The van der Waals surface area contributed by atoms with Crippen LogP contribution in [0.25, 0.3) is 0 Å². The lowest BCUT2D eigenvalue weighted by molar-refractivity contribution is -0.126. The number of rotatable bonds is 17. The summed E-state index contributed by atoms with van der Waals surface area (Å²) in [5.41, 5.74) is 0. The van der Waals surface area contributed by atoms with Crippen molar-refractivity contribution in [2.75, 3.05) is 52.4 Å². The van der Waals surface area contributed by atoms with E-state index in [0.29, 0.717) is 0 Å². The van der Waals surface area contributed by atoms with E-state index in [4.69, 9.17) is 0 Å². The second-order valence-electron chi connectivity index (χ2n) is 6.98. The van der Waals surface area contributed by atoms with Gasteiger partial charge in [0.05, 0.1) is 0 Å². The van der Waals surface area contributed by atoms with Crippen molar-refractivity contribution in [3.05, 3.63) is 12.2 Å². The maximum atomic E-state index is 12.7. The molecule has 0 aromatic heterocycles. The van der Waals surface area contributed by atoms with Crippen LogP contribution in [0.4, 0.5) is 0 Å². The molecule has 0 unspecified atom stereocenters. The summed E-state index contributed by atoms with van der Waals surface area (Å²) in [4.78, 5) is 19.5. The molecule has 0 saturated heterocycles. The standard InChI is InChI=1S/C22H45N3O/c1-6-11-12-13-14-15-16-17-22(26)25(20-18-23(7-2)8-3)21-19-24(9-4)10-5/h16-17H,6-15,18-21H2,1-5H3. The molecule has 0 bridgehead atoms. The first kappa shape index (κ1) is 25.1. The van der Waals surface area contributed by atoms with Gasteiger partial charge in [-0.15, -0.1) is 0 Å². The molecule has 26 heavy (non-hydrogen) atoms. The van der Waals surface area contributed by atoms with Crippen LogP contribution in [0.15, 0.2) is 12.2 Å². The molecule has 0 aromatic carbocycles. The normalized spacial score (nSPS) is 11.8. The summed E-state index contributed by atoms with van der Waals surface area (Å²) < 4.78 is 0. The molecule has 0 rings (SSSR count). The zero-order chi connectivity index (χ0) is 19.6. The molecule has 0 heterocycles. The highest BCUT2D eigenvalue weighted by Crippen LogP contribution is 2.06. The van der Waals surface area contributed by atoms with E-state index in [-0.39, 0.29) is 5.91 Å². The molecule has 0 saturated carbocycles. The molecule has 154 valence electrons. The number of amides is 1. The molecule has 0 aliphatic carbocycles. The largest absolute Gasteiger partial charge is 0.337 e. The van der Waals surface area contributed by atoms with E-state index in [9.17, 15) is 4.79 Å². The third kappa shape index (κ3) is 12.5. The summed E-state index contributed by atoms with van der Waals surface area (Å²) in [7, 11) is 0. The molecule has 0 aromatic rings. The van der Waals surface area contributed by atoms with Gasteiger partial charge in [-0.3, -0.25) is 4.79 Å². The molecule has 0 N–H and O–H groups in total. The van der Waals surface area contributed by atoms with Crippen LogP contribution in [0.3, 0.4) is 0 Å². The van der Waals surface area contributed by atoms with Crippen LogP contribution >= 0.6 is 0 Å². The Bertz CT molecular complexity index is 333. The minimum Gasteiger partial charge on any atom is -0.337 e. The fraction of sp³-hybridized carbons (Fsp3) is 0.864. The summed E-state index contributed by atoms with van der Waals surface area (Å²) in [5.74, 6) is 0.179. The summed E-state index contributed by atoms with van der Waals surface area (Å²) >= 11 is 0. The Balaban J connectivity index is 4.46. The van der Waals surface area contributed by atoms with Gasteiger partial charge in [0.15, 0.2) is 0 Å². The van der Waals surface area contributed by atoms with Gasteiger partial charge in [-0.2, -0.15) is 0 Å².